The van der Waals surface area contributed by atoms with E-state index in [-0.39, 0.29) is 24.2 Å². The van der Waals surface area contributed by atoms with Gasteiger partial charge in [0.05, 0.1) is 20.6 Å². The van der Waals surface area contributed by atoms with Crippen LogP contribution in [0.2, 0.25) is 0 Å². The van der Waals surface area contributed by atoms with Crippen LogP contribution in [-0.4, -0.2) is 62.0 Å². The molecule has 0 bridgehead atoms. The zero-order valence-electron chi connectivity index (χ0n) is 15.0. The van der Waals surface area contributed by atoms with Crippen LogP contribution >= 0.6 is 0 Å². The summed E-state index contributed by atoms with van der Waals surface area (Å²) in [6, 6.07) is 5.47. The predicted molar refractivity (Wildman–Crippen MR) is 93.8 cm³/mol. The van der Waals surface area contributed by atoms with Crippen LogP contribution in [0.3, 0.4) is 0 Å². The van der Waals surface area contributed by atoms with E-state index in [0.29, 0.717) is 37.7 Å². The van der Waals surface area contributed by atoms with Gasteiger partial charge in [-0.3, -0.25) is 9.59 Å². The number of methoxy groups -OCH3 is 2. The quantitative estimate of drug-likeness (QED) is 0.814. The van der Waals surface area contributed by atoms with Crippen molar-refractivity contribution in [2.24, 2.45) is 5.92 Å². The van der Waals surface area contributed by atoms with Crippen molar-refractivity contribution in [3.8, 4) is 11.5 Å². The smallest absolute Gasteiger partial charge is 0.227 e. The van der Waals surface area contributed by atoms with E-state index in [0.717, 1.165) is 24.8 Å². The Labute approximate surface area is 148 Å². The number of carbonyl (C=O) groups excluding carboxylic acids is 2. The molecule has 1 heterocycles. The molecule has 136 valence electrons. The molecule has 0 N–H and O–H groups in total. The van der Waals surface area contributed by atoms with Crippen LogP contribution in [0.1, 0.15) is 24.8 Å². The third-order valence-electron chi connectivity index (χ3n) is 5.23. The van der Waals surface area contributed by atoms with Crippen molar-refractivity contribution in [3.05, 3.63) is 23.8 Å². The molecule has 2 fully saturated rings. The van der Waals surface area contributed by atoms with Crippen molar-refractivity contribution in [1.29, 1.82) is 0 Å². The fourth-order valence-corrected chi connectivity index (χ4v) is 3.38. The summed E-state index contributed by atoms with van der Waals surface area (Å²) in [5.74, 6) is 1.95. The normalized spacial score (nSPS) is 17.8. The Balaban J connectivity index is 1.57. The Morgan fingerprint density at radius 2 is 1.72 bits per heavy atom. The van der Waals surface area contributed by atoms with Gasteiger partial charge in [-0.15, -0.1) is 0 Å². The Morgan fingerprint density at radius 1 is 1.04 bits per heavy atom. The van der Waals surface area contributed by atoms with Crippen molar-refractivity contribution in [2.75, 3.05) is 40.4 Å². The van der Waals surface area contributed by atoms with Gasteiger partial charge in [0, 0.05) is 37.7 Å². The van der Waals surface area contributed by atoms with Crippen molar-refractivity contribution in [1.82, 2.24) is 9.80 Å². The summed E-state index contributed by atoms with van der Waals surface area (Å²) in [7, 11) is 3.20. The van der Waals surface area contributed by atoms with Crippen LogP contribution in [-0.2, 0) is 16.0 Å². The van der Waals surface area contributed by atoms with Crippen LogP contribution < -0.4 is 9.47 Å². The largest absolute Gasteiger partial charge is 0.497 e. The lowest BCUT2D eigenvalue weighted by molar-refractivity contribution is -0.143. The molecule has 0 atom stereocenters. The first-order valence-corrected chi connectivity index (χ1v) is 8.90. The third-order valence-corrected chi connectivity index (χ3v) is 5.23. The standard InChI is InChI=1S/C19H26N2O4/c1-24-16-6-7-17(25-2)15(12-16)13-18(22)20-8-10-21(11-9-20)19(23)14-4-3-5-14/h6-7,12,14H,3-5,8-11,13H2,1-2H3. The van der Waals surface area contributed by atoms with E-state index >= 15 is 0 Å². The van der Waals surface area contributed by atoms with Crippen molar-refractivity contribution >= 4 is 11.8 Å². The highest BCUT2D eigenvalue weighted by atomic mass is 16.5. The third kappa shape index (κ3) is 3.89. The molecule has 2 aliphatic rings. The lowest BCUT2D eigenvalue weighted by atomic mass is 9.84. The summed E-state index contributed by atoms with van der Waals surface area (Å²) >= 11 is 0. The first kappa shape index (κ1) is 17.6. The zero-order chi connectivity index (χ0) is 17.8. The SMILES string of the molecule is COc1ccc(OC)c(CC(=O)N2CCN(C(=O)C3CCC3)CC2)c1. The molecule has 1 aromatic rings. The molecule has 25 heavy (non-hydrogen) atoms. The molecule has 0 unspecified atom stereocenters. The van der Waals surface area contributed by atoms with Gasteiger partial charge in [-0.1, -0.05) is 6.42 Å². The first-order valence-electron chi connectivity index (χ1n) is 8.90. The molecule has 2 amide bonds. The van der Waals surface area contributed by atoms with E-state index in [9.17, 15) is 9.59 Å². The van der Waals surface area contributed by atoms with Gasteiger partial charge < -0.3 is 19.3 Å². The molecule has 1 saturated heterocycles. The van der Waals surface area contributed by atoms with Crippen LogP contribution in [0, 0.1) is 5.92 Å². The average Bonchev–Trinajstić information content (AvgIpc) is 2.60. The molecule has 1 aromatic carbocycles. The highest BCUT2D eigenvalue weighted by Gasteiger charge is 2.32. The summed E-state index contributed by atoms with van der Waals surface area (Å²) in [4.78, 5) is 28.7. The van der Waals surface area contributed by atoms with E-state index in [1.54, 1.807) is 14.2 Å². The van der Waals surface area contributed by atoms with E-state index in [2.05, 4.69) is 0 Å². The molecule has 0 spiro atoms. The molecule has 1 aliphatic carbocycles. The fourth-order valence-electron chi connectivity index (χ4n) is 3.38. The Kier molecular flexibility index (Phi) is 5.46. The van der Waals surface area contributed by atoms with E-state index in [1.165, 1.54) is 0 Å². The summed E-state index contributed by atoms with van der Waals surface area (Å²) in [6.07, 6.45) is 3.48. The van der Waals surface area contributed by atoms with Gasteiger partial charge in [0.1, 0.15) is 11.5 Å². The minimum absolute atomic E-state index is 0.0577. The lowest BCUT2D eigenvalue weighted by Gasteiger charge is -2.38. The fraction of sp³-hybridized carbons (Fsp3) is 0.579. The number of rotatable bonds is 5. The summed E-state index contributed by atoms with van der Waals surface area (Å²) in [5, 5.41) is 0. The molecule has 1 aliphatic heterocycles. The zero-order valence-corrected chi connectivity index (χ0v) is 15.0. The number of hydrogen-bond acceptors (Lipinski definition) is 4. The Hall–Kier alpha value is -2.24. The second-order valence-corrected chi connectivity index (χ2v) is 6.69. The van der Waals surface area contributed by atoms with Crippen LogP contribution in [0.5, 0.6) is 11.5 Å². The average molecular weight is 346 g/mol. The number of amides is 2. The highest BCUT2D eigenvalue weighted by Crippen LogP contribution is 2.29. The van der Waals surface area contributed by atoms with Crippen molar-refractivity contribution in [3.63, 3.8) is 0 Å². The van der Waals surface area contributed by atoms with Gasteiger partial charge in [-0.2, -0.15) is 0 Å². The highest BCUT2D eigenvalue weighted by molar-refractivity contribution is 5.82. The van der Waals surface area contributed by atoms with Gasteiger partial charge in [0.25, 0.3) is 0 Å². The van der Waals surface area contributed by atoms with E-state index < -0.39 is 0 Å². The monoisotopic (exact) mass is 346 g/mol. The number of benzene rings is 1. The van der Waals surface area contributed by atoms with Crippen molar-refractivity contribution < 1.29 is 19.1 Å². The molecular weight excluding hydrogens is 320 g/mol. The topological polar surface area (TPSA) is 59.1 Å². The van der Waals surface area contributed by atoms with Gasteiger partial charge in [-0.25, -0.2) is 0 Å². The first-order chi connectivity index (χ1) is 12.1. The molecule has 3 rings (SSSR count). The van der Waals surface area contributed by atoms with Gasteiger partial charge in [-0.05, 0) is 31.0 Å². The number of carbonyl (C=O) groups is 2. The molecule has 0 radical (unpaired) electrons. The van der Waals surface area contributed by atoms with E-state index in [4.69, 9.17) is 9.47 Å². The molecule has 0 aromatic heterocycles. The van der Waals surface area contributed by atoms with Crippen LogP contribution in [0.15, 0.2) is 18.2 Å². The Morgan fingerprint density at radius 3 is 2.28 bits per heavy atom. The van der Waals surface area contributed by atoms with Crippen molar-refractivity contribution in [2.45, 2.75) is 25.7 Å². The van der Waals surface area contributed by atoms with Gasteiger partial charge in [0.15, 0.2) is 0 Å². The maximum atomic E-state index is 12.6. The van der Waals surface area contributed by atoms with Crippen LogP contribution in [0.4, 0.5) is 0 Å². The van der Waals surface area contributed by atoms with Gasteiger partial charge in [0.2, 0.25) is 11.8 Å². The predicted octanol–water partition coefficient (Wildman–Crippen LogP) is 1.72. The van der Waals surface area contributed by atoms with E-state index in [1.807, 2.05) is 28.0 Å². The van der Waals surface area contributed by atoms with Gasteiger partial charge >= 0.3 is 0 Å². The lowest BCUT2D eigenvalue weighted by Crippen LogP contribution is -2.52. The number of ether oxygens (including phenoxy) is 2. The molecule has 6 nitrogen and oxygen atoms in total. The Bertz CT molecular complexity index is 634. The molecule has 6 heteroatoms. The summed E-state index contributed by atoms with van der Waals surface area (Å²) in [5.41, 5.74) is 0.819. The number of hydrogen-bond donors (Lipinski definition) is 0. The molecular formula is C19H26N2O4. The minimum atomic E-state index is 0.0577. The second kappa shape index (κ2) is 7.76. The summed E-state index contributed by atoms with van der Waals surface area (Å²) < 4.78 is 10.6. The number of nitrogens with zero attached hydrogens (tertiary/aromatic N) is 2. The molecule has 1 saturated carbocycles. The maximum Gasteiger partial charge on any atom is 0.227 e. The minimum Gasteiger partial charge on any atom is -0.497 e. The maximum absolute atomic E-state index is 12.6. The summed E-state index contributed by atoms with van der Waals surface area (Å²) in [6.45, 7) is 2.47. The second-order valence-electron chi connectivity index (χ2n) is 6.69. The number of piperazine rings is 1. The van der Waals surface area contributed by atoms with Crippen LogP contribution in [0.25, 0.3) is 0 Å².